The van der Waals surface area contributed by atoms with Crippen molar-refractivity contribution in [1.82, 2.24) is 19.7 Å². The predicted molar refractivity (Wildman–Crippen MR) is 139 cm³/mol. The predicted octanol–water partition coefficient (Wildman–Crippen LogP) is 3.71. The molecule has 5 rings (SSSR count). The fourth-order valence-electron chi connectivity index (χ4n) is 4.89. The number of rotatable bonds is 7. The lowest BCUT2D eigenvalue weighted by molar-refractivity contribution is -0.126. The molecule has 1 aromatic carbocycles. The van der Waals surface area contributed by atoms with Gasteiger partial charge >= 0.3 is 0 Å². The number of aromatic nitrogens is 1. The summed E-state index contributed by atoms with van der Waals surface area (Å²) in [5, 5.41) is 6.93. The van der Waals surface area contributed by atoms with Gasteiger partial charge in [0.25, 0.3) is 5.91 Å². The summed E-state index contributed by atoms with van der Waals surface area (Å²) < 4.78 is 7.48. The summed E-state index contributed by atoms with van der Waals surface area (Å²) in [6.45, 7) is 6.70. The summed E-state index contributed by atoms with van der Waals surface area (Å²) in [4.78, 5) is 31.5. The standard InChI is InChI=1S/C26H31ClN4O3S/c27-22-3-1-19(2-4-22)18-31-23(17-21-7-16-35-26(21)31)25(33)30-9-5-20(6-10-30)24(32)28-8-11-29-12-14-34-15-13-29/h1-4,7,16-17,20H,5-6,8-15,18H2,(H,28,32). The van der Waals surface area contributed by atoms with Gasteiger partial charge in [-0.25, -0.2) is 0 Å². The van der Waals surface area contributed by atoms with Crippen LogP contribution in [0.4, 0.5) is 0 Å². The number of halogens is 1. The van der Waals surface area contributed by atoms with Crippen molar-refractivity contribution in [2.45, 2.75) is 19.4 Å². The van der Waals surface area contributed by atoms with E-state index in [1.165, 1.54) is 0 Å². The number of nitrogens with zero attached hydrogens (tertiary/aromatic N) is 3. The minimum atomic E-state index is -0.0342. The number of carbonyl (C=O) groups is 2. The van der Waals surface area contributed by atoms with Crippen molar-refractivity contribution in [3.63, 3.8) is 0 Å². The average molecular weight is 515 g/mol. The van der Waals surface area contributed by atoms with Gasteiger partial charge < -0.3 is 19.5 Å². The highest BCUT2D eigenvalue weighted by molar-refractivity contribution is 7.16. The van der Waals surface area contributed by atoms with Gasteiger partial charge in [-0.1, -0.05) is 23.7 Å². The van der Waals surface area contributed by atoms with E-state index in [0.29, 0.717) is 49.7 Å². The van der Waals surface area contributed by atoms with E-state index in [0.717, 1.165) is 48.6 Å². The van der Waals surface area contributed by atoms with E-state index in [-0.39, 0.29) is 17.7 Å². The molecule has 35 heavy (non-hydrogen) atoms. The van der Waals surface area contributed by atoms with Crippen molar-refractivity contribution in [2.75, 3.05) is 52.5 Å². The molecule has 4 heterocycles. The Kier molecular flexibility index (Phi) is 7.72. The fourth-order valence-corrected chi connectivity index (χ4v) is 5.92. The Labute approximate surface area is 214 Å². The number of carbonyl (C=O) groups excluding carboxylic acids is 2. The molecule has 0 aliphatic carbocycles. The Hall–Kier alpha value is -2.39. The number of benzene rings is 1. The lowest BCUT2D eigenvalue weighted by atomic mass is 9.95. The number of piperidine rings is 1. The lowest BCUT2D eigenvalue weighted by Gasteiger charge is -2.32. The van der Waals surface area contributed by atoms with Crippen molar-refractivity contribution < 1.29 is 14.3 Å². The number of amides is 2. The van der Waals surface area contributed by atoms with E-state index >= 15 is 0 Å². The second-order valence-corrected chi connectivity index (χ2v) is 10.6. The molecule has 0 saturated carbocycles. The molecule has 9 heteroatoms. The first-order chi connectivity index (χ1) is 17.1. The SMILES string of the molecule is O=C(NCCN1CCOCC1)C1CCN(C(=O)c2cc3ccsc3n2Cc2ccc(Cl)cc2)CC1. The van der Waals surface area contributed by atoms with E-state index in [1.807, 2.05) is 35.2 Å². The monoisotopic (exact) mass is 514 g/mol. The highest BCUT2D eigenvalue weighted by atomic mass is 35.5. The number of likely N-dealkylation sites (tertiary alicyclic amines) is 1. The van der Waals surface area contributed by atoms with E-state index < -0.39 is 0 Å². The number of hydrogen-bond acceptors (Lipinski definition) is 5. The quantitative estimate of drug-likeness (QED) is 0.522. The zero-order valence-corrected chi connectivity index (χ0v) is 21.3. The van der Waals surface area contributed by atoms with E-state index in [9.17, 15) is 9.59 Å². The van der Waals surface area contributed by atoms with Gasteiger partial charge in [-0.2, -0.15) is 0 Å². The summed E-state index contributed by atoms with van der Waals surface area (Å²) in [5.74, 6) is 0.110. The van der Waals surface area contributed by atoms with Crippen molar-refractivity contribution >= 4 is 45.0 Å². The van der Waals surface area contributed by atoms with Crippen LogP contribution >= 0.6 is 22.9 Å². The Bertz CT molecular complexity index is 1160. The normalized spacial score (nSPS) is 17.7. The van der Waals surface area contributed by atoms with Crippen molar-refractivity contribution in [3.8, 4) is 0 Å². The third kappa shape index (κ3) is 5.72. The molecule has 2 aromatic heterocycles. The maximum Gasteiger partial charge on any atom is 0.270 e. The Morgan fingerprint density at radius 1 is 1.06 bits per heavy atom. The first-order valence-corrected chi connectivity index (χ1v) is 13.5. The van der Waals surface area contributed by atoms with Crippen molar-refractivity contribution in [2.24, 2.45) is 5.92 Å². The van der Waals surface area contributed by atoms with Gasteiger partial charge in [0.15, 0.2) is 0 Å². The van der Waals surface area contributed by atoms with Crippen LogP contribution in [0.1, 0.15) is 28.9 Å². The average Bonchev–Trinajstić information content (AvgIpc) is 3.48. The van der Waals surface area contributed by atoms with Crippen LogP contribution in [0.3, 0.4) is 0 Å². The number of hydrogen-bond donors (Lipinski definition) is 1. The van der Waals surface area contributed by atoms with Crippen molar-refractivity contribution in [3.05, 3.63) is 58.1 Å². The molecule has 2 aliphatic rings. The maximum absolute atomic E-state index is 13.5. The smallest absolute Gasteiger partial charge is 0.270 e. The van der Waals surface area contributed by atoms with Gasteiger partial charge in [0, 0.05) is 62.1 Å². The summed E-state index contributed by atoms with van der Waals surface area (Å²) in [6, 6.07) is 11.8. The molecule has 0 spiro atoms. The van der Waals surface area contributed by atoms with Gasteiger partial charge in [-0.15, -0.1) is 11.3 Å². The summed E-state index contributed by atoms with van der Waals surface area (Å²) >= 11 is 7.70. The largest absolute Gasteiger partial charge is 0.379 e. The molecular weight excluding hydrogens is 484 g/mol. The minimum absolute atomic E-state index is 0.0342. The van der Waals surface area contributed by atoms with Gasteiger partial charge in [0.2, 0.25) is 5.91 Å². The first-order valence-electron chi connectivity index (χ1n) is 12.3. The molecule has 1 N–H and O–H groups in total. The summed E-state index contributed by atoms with van der Waals surface area (Å²) in [5.41, 5.74) is 1.80. The van der Waals surface area contributed by atoms with Crippen LogP contribution in [0.15, 0.2) is 41.8 Å². The molecule has 2 fully saturated rings. The number of ether oxygens (including phenoxy) is 1. The van der Waals surface area contributed by atoms with Crippen LogP contribution in [0.5, 0.6) is 0 Å². The van der Waals surface area contributed by atoms with Crippen LogP contribution in [0.2, 0.25) is 5.02 Å². The van der Waals surface area contributed by atoms with E-state index in [4.69, 9.17) is 16.3 Å². The molecule has 0 unspecified atom stereocenters. The second-order valence-electron chi connectivity index (χ2n) is 9.23. The molecule has 186 valence electrons. The number of fused-ring (bicyclic) bond motifs is 1. The van der Waals surface area contributed by atoms with Crippen LogP contribution in [0.25, 0.3) is 10.2 Å². The summed E-state index contributed by atoms with van der Waals surface area (Å²) in [6.07, 6.45) is 1.39. The molecular formula is C26H31ClN4O3S. The molecule has 2 saturated heterocycles. The topological polar surface area (TPSA) is 66.8 Å². The van der Waals surface area contributed by atoms with Gasteiger partial charge in [-0.05, 0) is 48.1 Å². The Morgan fingerprint density at radius 3 is 2.54 bits per heavy atom. The number of morpholine rings is 1. The molecule has 2 aliphatic heterocycles. The van der Waals surface area contributed by atoms with Crippen LogP contribution in [-0.2, 0) is 16.1 Å². The maximum atomic E-state index is 13.5. The molecule has 0 bridgehead atoms. The van der Waals surface area contributed by atoms with E-state index in [2.05, 4.69) is 26.2 Å². The second kappa shape index (κ2) is 11.1. The zero-order chi connectivity index (χ0) is 24.2. The molecule has 0 atom stereocenters. The van der Waals surface area contributed by atoms with E-state index in [1.54, 1.807) is 11.3 Å². The molecule has 0 radical (unpaired) electrons. The number of thiophene rings is 1. The fraction of sp³-hybridized carbons (Fsp3) is 0.462. The highest BCUT2D eigenvalue weighted by Gasteiger charge is 2.29. The van der Waals surface area contributed by atoms with Crippen LogP contribution in [-0.4, -0.2) is 78.7 Å². The molecule has 2 amide bonds. The zero-order valence-electron chi connectivity index (χ0n) is 19.7. The van der Waals surface area contributed by atoms with Crippen molar-refractivity contribution in [1.29, 1.82) is 0 Å². The lowest BCUT2D eigenvalue weighted by Crippen LogP contribution is -2.45. The first kappa shape index (κ1) is 24.3. The van der Waals surface area contributed by atoms with Gasteiger partial charge in [0.1, 0.15) is 10.5 Å². The molecule has 3 aromatic rings. The molecule has 7 nitrogen and oxygen atoms in total. The van der Waals surface area contributed by atoms with Crippen LogP contribution in [0, 0.1) is 5.92 Å². The Balaban J connectivity index is 1.18. The summed E-state index contributed by atoms with van der Waals surface area (Å²) in [7, 11) is 0. The number of nitrogens with one attached hydrogen (secondary N) is 1. The van der Waals surface area contributed by atoms with Gasteiger partial charge in [-0.3, -0.25) is 14.5 Å². The Morgan fingerprint density at radius 2 is 1.80 bits per heavy atom. The van der Waals surface area contributed by atoms with Crippen LogP contribution < -0.4 is 5.32 Å². The highest BCUT2D eigenvalue weighted by Crippen LogP contribution is 2.28. The minimum Gasteiger partial charge on any atom is -0.379 e. The van der Waals surface area contributed by atoms with Gasteiger partial charge in [0.05, 0.1) is 13.2 Å². The third-order valence-corrected chi connectivity index (χ3v) is 8.16. The third-order valence-electron chi connectivity index (χ3n) is 6.96.